The number of hydrogen-bond acceptors (Lipinski definition) is 0. The van der Waals surface area contributed by atoms with Crippen molar-refractivity contribution in [1.29, 1.82) is 0 Å². The van der Waals surface area contributed by atoms with Gasteiger partial charge in [0.2, 0.25) is 0 Å². The zero-order valence-corrected chi connectivity index (χ0v) is 4.77. The molecule has 4 heavy (non-hydrogen) atoms. The van der Waals surface area contributed by atoms with E-state index in [1.54, 1.807) is 0 Å². The third kappa shape index (κ3) is 13.8. The maximum Gasteiger partial charge on any atom is 0.0676 e. The summed E-state index contributed by atoms with van der Waals surface area (Å²) in [6.07, 6.45) is 0. The molecule has 0 aromatic rings. The molecule has 1 radical (unpaired) electrons. The summed E-state index contributed by atoms with van der Waals surface area (Å²) in [6, 6.07) is 0. The highest BCUT2D eigenvalue weighted by molar-refractivity contribution is 9.11. The molecule has 2 heteroatoms. The van der Waals surface area contributed by atoms with E-state index in [9.17, 15) is 0 Å². The minimum atomic E-state index is 0.229. The van der Waals surface area contributed by atoms with Gasteiger partial charge in [-0.25, -0.2) is 0 Å². The van der Waals surface area contributed by atoms with Gasteiger partial charge in [0.05, 0.1) is 4.16 Å². The molecule has 0 aromatic heterocycles. The van der Waals surface area contributed by atoms with Gasteiger partial charge in [0.25, 0.3) is 0 Å². The number of alkyl halides is 1. The van der Waals surface area contributed by atoms with E-state index >= 15 is 0 Å². The van der Waals surface area contributed by atoms with Crippen LogP contribution in [0.15, 0.2) is 0 Å². The van der Waals surface area contributed by atoms with Crippen LogP contribution in [0.2, 0.25) is 0 Å². The topological polar surface area (TPSA) is 0 Å². The van der Waals surface area contributed by atoms with Gasteiger partial charge < -0.3 is 0 Å². The summed E-state index contributed by atoms with van der Waals surface area (Å²) in [5, 5.41) is 0. The van der Waals surface area contributed by atoms with Gasteiger partial charge in [0, 0.05) is 0 Å². The van der Waals surface area contributed by atoms with Crippen LogP contribution in [0, 0.1) is 0 Å². The maximum absolute atomic E-state index is 4.54. The van der Waals surface area contributed by atoms with E-state index in [0.717, 1.165) is 0 Å². The van der Waals surface area contributed by atoms with Crippen molar-refractivity contribution in [2.45, 2.75) is 11.1 Å². The number of halogens is 1. The van der Waals surface area contributed by atoms with E-state index in [1.165, 1.54) is 0 Å². The third-order valence-corrected chi connectivity index (χ3v) is 0. The lowest BCUT2D eigenvalue weighted by Crippen LogP contribution is -1.62. The summed E-state index contributed by atoms with van der Waals surface area (Å²) in [4.78, 5) is 0. The summed E-state index contributed by atoms with van der Waals surface area (Å²) >= 11 is 7.62. The molecule has 0 aromatic carbocycles. The first kappa shape index (κ1) is 4.83. The Hall–Kier alpha value is 0.830. The molecule has 0 saturated heterocycles. The van der Waals surface area contributed by atoms with Crippen LogP contribution in [-0.2, 0) is 0 Å². The van der Waals surface area contributed by atoms with E-state index < -0.39 is 0 Å². The van der Waals surface area contributed by atoms with Gasteiger partial charge in [-0.15, -0.1) is 0 Å². The fraction of sp³-hybridized carbons (Fsp3) is 1.00. The molecule has 0 bridgehead atoms. The summed E-state index contributed by atoms with van der Waals surface area (Å²) in [6.45, 7) is 1.90. The van der Waals surface area contributed by atoms with Crippen LogP contribution in [-0.4, -0.2) is 4.16 Å². The molecule has 0 nitrogen and oxygen atoms in total. The molecule has 0 amide bonds. The van der Waals surface area contributed by atoms with Crippen LogP contribution in [0.25, 0.3) is 0 Å². The molecule has 0 heterocycles. The molecule has 0 rings (SSSR count). The monoisotopic (exact) mass is 139 g/mol. The molecule has 0 fully saturated rings. The van der Waals surface area contributed by atoms with Gasteiger partial charge in [0.15, 0.2) is 0 Å². The zero-order valence-electron chi connectivity index (χ0n) is 2.36. The minimum Gasteiger partial charge on any atom is -0.0782 e. The number of rotatable bonds is 0. The van der Waals surface area contributed by atoms with Crippen molar-refractivity contribution in [3.63, 3.8) is 0 Å². The van der Waals surface area contributed by atoms with Crippen LogP contribution >= 0.6 is 28.6 Å². The van der Waals surface area contributed by atoms with Gasteiger partial charge in [-0.1, -0.05) is 28.6 Å². The normalized spacial score (nSPS) is 15.8. The average Bonchev–Trinajstić information content (AvgIpc) is 0.811. The second-order valence-electron chi connectivity index (χ2n) is 0.543. The first-order chi connectivity index (χ1) is 1.73. The van der Waals surface area contributed by atoms with Crippen LogP contribution in [0.1, 0.15) is 6.92 Å². The SMILES string of the molecule is CC([S])Br. The lowest BCUT2D eigenvalue weighted by atomic mass is 11.0. The zero-order chi connectivity index (χ0) is 3.58. The van der Waals surface area contributed by atoms with Gasteiger partial charge in [-0.05, 0) is 6.92 Å². The molecule has 0 N–H and O–H groups in total. The van der Waals surface area contributed by atoms with E-state index in [0.29, 0.717) is 0 Å². The lowest BCUT2D eigenvalue weighted by Gasteiger charge is -1.73. The second kappa shape index (κ2) is 2.09. The smallest absolute Gasteiger partial charge is 0.0676 e. The second-order valence-corrected chi connectivity index (χ2v) is 3.23. The Morgan fingerprint density at radius 2 is 2.00 bits per heavy atom. The largest absolute Gasteiger partial charge is 0.0782 e. The Morgan fingerprint density at radius 3 is 2.00 bits per heavy atom. The molecule has 0 aliphatic carbocycles. The van der Waals surface area contributed by atoms with E-state index in [-0.39, 0.29) is 4.16 Å². The molecule has 0 spiro atoms. The Bertz CT molecular complexity index is 10.8. The minimum absolute atomic E-state index is 0.229. The van der Waals surface area contributed by atoms with Gasteiger partial charge in [-0.3, -0.25) is 0 Å². The Morgan fingerprint density at radius 1 is 2.00 bits per heavy atom. The van der Waals surface area contributed by atoms with Crippen molar-refractivity contribution in [3.8, 4) is 0 Å². The van der Waals surface area contributed by atoms with E-state index in [4.69, 9.17) is 0 Å². The maximum atomic E-state index is 4.54. The highest BCUT2D eigenvalue weighted by atomic mass is 79.9. The number of hydrogen-bond donors (Lipinski definition) is 0. The molecule has 25 valence electrons. The van der Waals surface area contributed by atoms with Crippen LogP contribution in [0.4, 0.5) is 0 Å². The highest BCUT2D eigenvalue weighted by Crippen LogP contribution is 1.98. The predicted molar refractivity (Wildman–Crippen MR) is 26.0 cm³/mol. The molecular weight excluding hydrogens is 136 g/mol. The third-order valence-electron chi connectivity index (χ3n) is 0. The molecule has 0 aliphatic heterocycles. The van der Waals surface area contributed by atoms with Crippen LogP contribution in [0.5, 0.6) is 0 Å². The lowest BCUT2D eigenvalue weighted by molar-refractivity contribution is 1.47. The standard InChI is InChI=1S/C2H4BrS/c1-2(3)4/h2H,1H3. The molecule has 0 saturated carbocycles. The Balaban J connectivity index is 2.32. The summed E-state index contributed by atoms with van der Waals surface area (Å²) < 4.78 is 0.229. The highest BCUT2D eigenvalue weighted by Gasteiger charge is 1.74. The molecular formula is C2H4BrS. The van der Waals surface area contributed by atoms with Crippen LogP contribution < -0.4 is 0 Å². The first-order valence-electron chi connectivity index (χ1n) is 1.03. The fourth-order valence-electron chi connectivity index (χ4n) is 0. The van der Waals surface area contributed by atoms with Crippen molar-refractivity contribution in [3.05, 3.63) is 0 Å². The van der Waals surface area contributed by atoms with Crippen molar-refractivity contribution < 1.29 is 0 Å². The summed E-state index contributed by atoms with van der Waals surface area (Å²) in [7, 11) is 0. The average molecular weight is 140 g/mol. The van der Waals surface area contributed by atoms with Gasteiger partial charge in [-0.2, -0.15) is 0 Å². The summed E-state index contributed by atoms with van der Waals surface area (Å²) in [5.41, 5.74) is 0. The van der Waals surface area contributed by atoms with Gasteiger partial charge in [0.1, 0.15) is 0 Å². The summed E-state index contributed by atoms with van der Waals surface area (Å²) in [5.74, 6) is 0. The molecule has 1 unspecified atom stereocenters. The quantitative estimate of drug-likeness (QED) is 0.451. The van der Waals surface area contributed by atoms with Crippen molar-refractivity contribution in [2.24, 2.45) is 0 Å². The van der Waals surface area contributed by atoms with Crippen molar-refractivity contribution >= 4 is 28.6 Å². The Labute approximate surface area is 40.1 Å². The predicted octanol–water partition coefficient (Wildman–Crippen LogP) is 1.92. The van der Waals surface area contributed by atoms with E-state index in [1.807, 2.05) is 6.92 Å². The van der Waals surface area contributed by atoms with Crippen molar-refractivity contribution in [1.82, 2.24) is 0 Å². The van der Waals surface area contributed by atoms with E-state index in [2.05, 4.69) is 28.6 Å². The Kier molecular flexibility index (Phi) is 2.52. The molecule has 1 atom stereocenters. The first-order valence-corrected chi connectivity index (χ1v) is 2.42. The fourth-order valence-corrected chi connectivity index (χ4v) is 0. The van der Waals surface area contributed by atoms with Crippen LogP contribution in [0.3, 0.4) is 0 Å². The molecule has 0 aliphatic rings. The van der Waals surface area contributed by atoms with Crippen molar-refractivity contribution in [2.75, 3.05) is 0 Å². The van der Waals surface area contributed by atoms with Gasteiger partial charge >= 0.3 is 0 Å².